The molecule has 0 spiro atoms. The van der Waals surface area contributed by atoms with Crippen LogP contribution in [0.15, 0.2) is 22.9 Å². The molecule has 1 aliphatic rings. The van der Waals surface area contributed by atoms with Gasteiger partial charge in [-0.2, -0.15) is 0 Å². The van der Waals surface area contributed by atoms with E-state index in [-0.39, 0.29) is 11.7 Å². The predicted octanol–water partition coefficient (Wildman–Crippen LogP) is 3.89. The Bertz CT molecular complexity index is 663. The summed E-state index contributed by atoms with van der Waals surface area (Å²) < 4.78 is 0. The lowest BCUT2D eigenvalue weighted by Crippen LogP contribution is -2.16. The number of hydrogen-bond donors (Lipinski definition) is 2. The number of carbonyl (C=O) groups is 2. The first kappa shape index (κ1) is 16.3. The lowest BCUT2D eigenvalue weighted by atomic mass is 10.0. The normalized spacial score (nSPS) is 16.5. The second-order valence-electron chi connectivity index (χ2n) is 5.63. The molecule has 1 amide bonds. The molecule has 0 saturated heterocycles. The van der Waals surface area contributed by atoms with Gasteiger partial charge in [-0.25, -0.2) is 0 Å². The van der Waals surface area contributed by atoms with Crippen molar-refractivity contribution in [2.75, 3.05) is 0 Å². The molecule has 0 aliphatic carbocycles. The van der Waals surface area contributed by atoms with E-state index >= 15 is 0 Å². The van der Waals surface area contributed by atoms with Crippen LogP contribution in [-0.4, -0.2) is 16.7 Å². The molecule has 4 nitrogen and oxygen atoms in total. The average Bonchev–Trinajstić information content (AvgIpc) is 2.99. The Morgan fingerprint density at radius 3 is 2.45 bits per heavy atom. The molecule has 1 aliphatic heterocycles. The minimum Gasteiger partial charge on any atom is -0.352 e. The van der Waals surface area contributed by atoms with E-state index in [0.29, 0.717) is 12.1 Å². The van der Waals surface area contributed by atoms with Crippen LogP contribution in [0.5, 0.6) is 0 Å². The Morgan fingerprint density at radius 1 is 1.18 bits per heavy atom. The Labute approximate surface area is 131 Å². The minimum atomic E-state index is -0.00269. The maximum atomic E-state index is 12.0. The second kappa shape index (κ2) is 6.77. The second-order valence-corrected chi connectivity index (χ2v) is 5.63. The molecule has 0 fully saturated rings. The van der Waals surface area contributed by atoms with Gasteiger partial charge in [-0.3, -0.25) is 9.59 Å². The molecule has 1 aromatic rings. The molecule has 0 radical (unpaired) electrons. The van der Waals surface area contributed by atoms with Crippen LogP contribution in [0.3, 0.4) is 0 Å². The fraction of sp³-hybridized carbons (Fsp3) is 0.444. The van der Waals surface area contributed by atoms with Crippen LogP contribution in [0.1, 0.15) is 68.2 Å². The van der Waals surface area contributed by atoms with Crippen molar-refractivity contribution in [3.05, 3.63) is 39.9 Å². The number of aromatic amines is 1. The maximum absolute atomic E-state index is 12.0. The molecule has 0 saturated carbocycles. The zero-order valence-corrected chi connectivity index (χ0v) is 13.8. The zero-order valence-electron chi connectivity index (χ0n) is 13.8. The largest absolute Gasteiger partial charge is 0.352 e. The first-order valence-corrected chi connectivity index (χ1v) is 7.99. The van der Waals surface area contributed by atoms with Crippen molar-refractivity contribution < 1.29 is 9.59 Å². The first-order chi connectivity index (χ1) is 10.5. The van der Waals surface area contributed by atoms with Crippen molar-refractivity contribution in [1.29, 1.82) is 0 Å². The molecule has 2 N–H and O–H groups in total. The van der Waals surface area contributed by atoms with Crippen LogP contribution >= 0.6 is 0 Å². The first-order valence-electron chi connectivity index (χ1n) is 7.99. The van der Waals surface area contributed by atoms with Crippen LogP contribution in [-0.2, 0) is 4.79 Å². The lowest BCUT2D eigenvalue weighted by molar-refractivity contribution is -0.116. The van der Waals surface area contributed by atoms with Crippen LogP contribution in [0.25, 0.3) is 6.08 Å². The van der Waals surface area contributed by atoms with Gasteiger partial charge in [-0.05, 0) is 49.5 Å². The highest BCUT2D eigenvalue weighted by Gasteiger charge is 2.24. The Hall–Kier alpha value is -2.10. The maximum Gasteiger partial charge on any atom is 0.251 e. The number of H-pyrrole nitrogens is 1. The number of allylic oxidation sites excluding steroid dienone is 1. The van der Waals surface area contributed by atoms with Crippen molar-refractivity contribution in [2.45, 2.75) is 53.4 Å². The summed E-state index contributed by atoms with van der Waals surface area (Å²) in [4.78, 5) is 27.2. The summed E-state index contributed by atoms with van der Waals surface area (Å²) in [6, 6.07) is 1.89. The number of amides is 1. The quantitative estimate of drug-likeness (QED) is 0.783. The van der Waals surface area contributed by atoms with E-state index in [9.17, 15) is 9.59 Å². The van der Waals surface area contributed by atoms with E-state index in [2.05, 4.69) is 17.2 Å². The van der Waals surface area contributed by atoms with Crippen molar-refractivity contribution in [1.82, 2.24) is 10.3 Å². The van der Waals surface area contributed by atoms with Gasteiger partial charge in [0.15, 0.2) is 5.78 Å². The number of rotatable bonds is 6. The van der Waals surface area contributed by atoms with Crippen molar-refractivity contribution in [3.8, 4) is 0 Å². The van der Waals surface area contributed by atoms with Gasteiger partial charge in [-0.15, -0.1) is 0 Å². The molecule has 0 bridgehead atoms. The highest BCUT2D eigenvalue weighted by Crippen LogP contribution is 2.28. The number of carbonyl (C=O) groups excluding carboxylic acids is 2. The summed E-state index contributed by atoms with van der Waals surface area (Å²) in [6.07, 6.45) is 4.88. The molecule has 2 rings (SSSR count). The van der Waals surface area contributed by atoms with Crippen molar-refractivity contribution in [2.24, 2.45) is 0 Å². The summed E-state index contributed by atoms with van der Waals surface area (Å²) in [5.41, 5.74) is 5.33. The molecule has 4 heteroatoms. The molecule has 1 aromatic heterocycles. The van der Waals surface area contributed by atoms with Gasteiger partial charge >= 0.3 is 0 Å². The van der Waals surface area contributed by atoms with Crippen LogP contribution in [0.2, 0.25) is 0 Å². The SMILES string of the molecule is CCCC(=O)c1cc(C)c(/C=C2\NC(=O)C(CC)=C2CC)[nH]1. The van der Waals surface area contributed by atoms with Gasteiger partial charge in [0.25, 0.3) is 5.91 Å². The highest BCUT2D eigenvalue weighted by atomic mass is 16.2. The van der Waals surface area contributed by atoms with Gasteiger partial charge in [0.2, 0.25) is 0 Å². The Morgan fingerprint density at radius 2 is 1.86 bits per heavy atom. The monoisotopic (exact) mass is 300 g/mol. The summed E-state index contributed by atoms with van der Waals surface area (Å²) in [5.74, 6) is 0.128. The van der Waals surface area contributed by atoms with Gasteiger partial charge in [0.1, 0.15) is 0 Å². The van der Waals surface area contributed by atoms with E-state index in [0.717, 1.165) is 47.4 Å². The zero-order chi connectivity index (χ0) is 16.3. The highest BCUT2D eigenvalue weighted by molar-refractivity contribution is 6.01. The number of Topliss-reactive ketones (excluding diaryl/α,β-unsaturated/α-hetero) is 1. The van der Waals surface area contributed by atoms with Gasteiger partial charge in [0, 0.05) is 23.4 Å². The third kappa shape index (κ3) is 3.06. The Balaban J connectivity index is 2.36. The molecule has 0 aromatic carbocycles. The topological polar surface area (TPSA) is 62.0 Å². The van der Waals surface area contributed by atoms with E-state index in [1.54, 1.807) is 0 Å². The third-order valence-corrected chi connectivity index (χ3v) is 4.04. The van der Waals surface area contributed by atoms with Gasteiger partial charge in [0.05, 0.1) is 5.69 Å². The third-order valence-electron chi connectivity index (χ3n) is 4.04. The minimum absolute atomic E-state index is 0.00269. The van der Waals surface area contributed by atoms with Crippen molar-refractivity contribution >= 4 is 17.8 Å². The molecule has 118 valence electrons. The van der Waals surface area contributed by atoms with Gasteiger partial charge in [-0.1, -0.05) is 20.8 Å². The van der Waals surface area contributed by atoms with Crippen molar-refractivity contribution in [3.63, 3.8) is 0 Å². The standard InChI is InChI=1S/C18H24N2O2/c1-5-8-17(21)16-9-11(4)14(19-16)10-15-12(6-2)13(7-3)18(22)20-15/h9-10,19H,5-8H2,1-4H3,(H,20,22)/b15-10-. The number of aryl methyl sites for hydroxylation is 1. The van der Waals surface area contributed by atoms with Crippen LogP contribution in [0, 0.1) is 6.92 Å². The van der Waals surface area contributed by atoms with Crippen LogP contribution < -0.4 is 5.32 Å². The molecule has 22 heavy (non-hydrogen) atoms. The number of aromatic nitrogens is 1. The fourth-order valence-electron chi connectivity index (χ4n) is 2.85. The van der Waals surface area contributed by atoms with Crippen LogP contribution in [0.4, 0.5) is 0 Å². The van der Waals surface area contributed by atoms with E-state index < -0.39 is 0 Å². The summed E-state index contributed by atoms with van der Waals surface area (Å²) >= 11 is 0. The number of nitrogens with one attached hydrogen (secondary N) is 2. The summed E-state index contributed by atoms with van der Waals surface area (Å²) in [7, 11) is 0. The van der Waals surface area contributed by atoms with Gasteiger partial charge < -0.3 is 10.3 Å². The predicted molar refractivity (Wildman–Crippen MR) is 88.5 cm³/mol. The Kier molecular flexibility index (Phi) is 5.01. The smallest absolute Gasteiger partial charge is 0.251 e. The fourth-order valence-corrected chi connectivity index (χ4v) is 2.85. The molecule has 0 atom stereocenters. The molecular weight excluding hydrogens is 276 g/mol. The summed E-state index contributed by atoms with van der Waals surface area (Å²) in [6.45, 7) is 8.01. The lowest BCUT2D eigenvalue weighted by Gasteiger charge is -2.03. The van der Waals surface area contributed by atoms with E-state index in [1.165, 1.54) is 0 Å². The molecule has 2 heterocycles. The number of ketones is 1. The number of hydrogen-bond acceptors (Lipinski definition) is 2. The summed E-state index contributed by atoms with van der Waals surface area (Å²) in [5, 5.41) is 2.94. The van der Waals surface area contributed by atoms with E-state index in [4.69, 9.17) is 0 Å². The van der Waals surface area contributed by atoms with E-state index in [1.807, 2.05) is 32.9 Å². The average molecular weight is 300 g/mol. The molecule has 0 unspecified atom stereocenters. The molecular formula is C18H24N2O2.